The zero-order valence-electron chi connectivity index (χ0n) is 10.2. The summed E-state index contributed by atoms with van der Waals surface area (Å²) in [6.07, 6.45) is -0.113. The summed E-state index contributed by atoms with van der Waals surface area (Å²) in [6, 6.07) is 14.5. The van der Waals surface area contributed by atoms with Crippen molar-refractivity contribution in [1.29, 1.82) is 0 Å². The maximum absolute atomic E-state index is 12.4. The lowest BCUT2D eigenvalue weighted by molar-refractivity contribution is 0.0725. The summed E-state index contributed by atoms with van der Waals surface area (Å²) in [5.41, 5.74) is 2.53. The van der Waals surface area contributed by atoms with Crippen LogP contribution in [0.25, 0.3) is 0 Å². The van der Waals surface area contributed by atoms with E-state index in [1.165, 1.54) is 0 Å². The molecular formula is C16H13ClO2. The third-order valence-electron chi connectivity index (χ3n) is 3.66. The third-order valence-corrected chi connectivity index (χ3v) is 3.91. The molecule has 0 saturated heterocycles. The Morgan fingerprint density at radius 2 is 1.79 bits per heavy atom. The molecule has 0 amide bonds. The van der Waals surface area contributed by atoms with Crippen molar-refractivity contribution in [1.82, 2.24) is 0 Å². The maximum atomic E-state index is 12.4. The predicted molar refractivity (Wildman–Crippen MR) is 74.4 cm³/mol. The van der Waals surface area contributed by atoms with Crippen molar-refractivity contribution in [2.75, 3.05) is 0 Å². The summed E-state index contributed by atoms with van der Waals surface area (Å²) in [7, 11) is 0. The van der Waals surface area contributed by atoms with Crippen LogP contribution < -0.4 is 0 Å². The van der Waals surface area contributed by atoms with Gasteiger partial charge in [0.2, 0.25) is 0 Å². The van der Waals surface area contributed by atoms with Crippen LogP contribution in [-0.2, 0) is 6.42 Å². The SMILES string of the molecule is O=C(c1ccc(Cl)cc1)[C@@H]1Cc2ccccc2[C@@H]1O. The highest BCUT2D eigenvalue weighted by Crippen LogP contribution is 2.37. The van der Waals surface area contributed by atoms with Gasteiger partial charge in [-0.2, -0.15) is 0 Å². The molecule has 0 aliphatic heterocycles. The van der Waals surface area contributed by atoms with E-state index in [2.05, 4.69) is 0 Å². The van der Waals surface area contributed by atoms with Crippen LogP contribution in [0.15, 0.2) is 48.5 Å². The molecule has 2 nitrogen and oxygen atoms in total. The first-order valence-electron chi connectivity index (χ1n) is 6.22. The largest absolute Gasteiger partial charge is 0.388 e. The van der Waals surface area contributed by atoms with E-state index in [-0.39, 0.29) is 5.78 Å². The van der Waals surface area contributed by atoms with Crippen molar-refractivity contribution in [3.05, 3.63) is 70.2 Å². The third kappa shape index (κ3) is 2.18. The molecule has 3 rings (SSSR count). The quantitative estimate of drug-likeness (QED) is 0.851. The molecule has 0 spiro atoms. The molecule has 0 bridgehead atoms. The predicted octanol–water partition coefficient (Wildman–Crippen LogP) is 3.43. The second-order valence-electron chi connectivity index (χ2n) is 4.83. The van der Waals surface area contributed by atoms with Crippen LogP contribution in [0, 0.1) is 5.92 Å². The fourth-order valence-electron chi connectivity index (χ4n) is 2.64. The molecule has 1 aliphatic rings. The van der Waals surface area contributed by atoms with Crippen molar-refractivity contribution in [3.8, 4) is 0 Å². The molecule has 2 aromatic carbocycles. The number of ketones is 1. The molecule has 0 unspecified atom stereocenters. The number of hydrogen-bond acceptors (Lipinski definition) is 2. The number of aliphatic hydroxyl groups excluding tert-OH is 1. The molecule has 0 aromatic heterocycles. The lowest BCUT2D eigenvalue weighted by Gasteiger charge is -2.13. The number of halogens is 1. The van der Waals surface area contributed by atoms with Gasteiger partial charge in [0, 0.05) is 10.6 Å². The highest BCUT2D eigenvalue weighted by atomic mass is 35.5. The minimum absolute atomic E-state index is 0.0274. The van der Waals surface area contributed by atoms with Gasteiger partial charge in [0.1, 0.15) is 0 Å². The first kappa shape index (κ1) is 12.4. The van der Waals surface area contributed by atoms with E-state index in [0.29, 0.717) is 17.0 Å². The number of aliphatic hydroxyl groups is 1. The number of carbonyl (C=O) groups is 1. The van der Waals surface area contributed by atoms with Gasteiger partial charge in [0.25, 0.3) is 0 Å². The lowest BCUT2D eigenvalue weighted by atomic mass is 9.93. The standard InChI is InChI=1S/C16H13ClO2/c17-12-7-5-10(6-8-12)15(18)14-9-11-3-1-2-4-13(11)16(14)19/h1-8,14,16,19H,9H2/t14-,16-/m0/s1. The average molecular weight is 273 g/mol. The molecule has 0 fully saturated rings. The molecule has 1 aliphatic carbocycles. The molecule has 2 atom stereocenters. The molecule has 0 heterocycles. The molecule has 0 radical (unpaired) electrons. The number of rotatable bonds is 2. The van der Waals surface area contributed by atoms with Crippen molar-refractivity contribution < 1.29 is 9.90 Å². The average Bonchev–Trinajstić information content (AvgIpc) is 2.77. The molecule has 96 valence electrons. The van der Waals surface area contributed by atoms with E-state index in [4.69, 9.17) is 11.6 Å². The maximum Gasteiger partial charge on any atom is 0.169 e. The Morgan fingerprint density at radius 3 is 2.47 bits per heavy atom. The summed E-state index contributed by atoms with van der Waals surface area (Å²) < 4.78 is 0. The summed E-state index contributed by atoms with van der Waals surface area (Å²) >= 11 is 5.82. The van der Waals surface area contributed by atoms with Gasteiger partial charge in [-0.05, 0) is 41.8 Å². The van der Waals surface area contributed by atoms with Gasteiger partial charge in [-0.25, -0.2) is 0 Å². The zero-order valence-corrected chi connectivity index (χ0v) is 11.0. The first-order valence-corrected chi connectivity index (χ1v) is 6.60. The molecule has 19 heavy (non-hydrogen) atoms. The topological polar surface area (TPSA) is 37.3 Å². The lowest BCUT2D eigenvalue weighted by Crippen LogP contribution is -2.19. The Balaban J connectivity index is 1.89. The van der Waals surface area contributed by atoms with Gasteiger partial charge in [0.15, 0.2) is 5.78 Å². The zero-order chi connectivity index (χ0) is 13.4. The van der Waals surface area contributed by atoms with Crippen LogP contribution >= 0.6 is 11.6 Å². The Labute approximate surface area is 116 Å². The van der Waals surface area contributed by atoms with Crippen LogP contribution in [0.2, 0.25) is 5.02 Å². The van der Waals surface area contributed by atoms with Crippen molar-refractivity contribution >= 4 is 17.4 Å². The fourth-order valence-corrected chi connectivity index (χ4v) is 2.76. The minimum atomic E-state index is -0.709. The van der Waals surface area contributed by atoms with Crippen LogP contribution in [0.3, 0.4) is 0 Å². The van der Waals surface area contributed by atoms with Crippen molar-refractivity contribution in [2.24, 2.45) is 5.92 Å². The Kier molecular flexibility index (Phi) is 3.13. The van der Waals surface area contributed by atoms with E-state index < -0.39 is 12.0 Å². The van der Waals surface area contributed by atoms with Crippen LogP contribution in [0.1, 0.15) is 27.6 Å². The van der Waals surface area contributed by atoms with Crippen LogP contribution in [0.5, 0.6) is 0 Å². The highest BCUT2D eigenvalue weighted by molar-refractivity contribution is 6.30. The smallest absolute Gasteiger partial charge is 0.169 e. The number of benzene rings is 2. The number of Topliss-reactive ketones (excluding diaryl/α,β-unsaturated/α-hetero) is 1. The van der Waals surface area contributed by atoms with Gasteiger partial charge in [-0.15, -0.1) is 0 Å². The Morgan fingerprint density at radius 1 is 1.11 bits per heavy atom. The van der Waals surface area contributed by atoms with Gasteiger partial charge in [-0.1, -0.05) is 35.9 Å². The second kappa shape index (κ2) is 4.80. The minimum Gasteiger partial charge on any atom is -0.388 e. The van der Waals surface area contributed by atoms with Crippen molar-refractivity contribution in [3.63, 3.8) is 0 Å². The number of hydrogen-bond donors (Lipinski definition) is 1. The first-order chi connectivity index (χ1) is 9.16. The second-order valence-corrected chi connectivity index (χ2v) is 5.26. The Bertz CT molecular complexity index is 619. The number of carbonyl (C=O) groups excluding carboxylic acids is 1. The molecule has 0 saturated carbocycles. The Hall–Kier alpha value is -1.64. The monoisotopic (exact) mass is 272 g/mol. The normalized spacial score (nSPS) is 21.2. The summed E-state index contributed by atoms with van der Waals surface area (Å²) in [4.78, 5) is 12.4. The van der Waals surface area contributed by atoms with E-state index in [1.54, 1.807) is 24.3 Å². The van der Waals surface area contributed by atoms with E-state index >= 15 is 0 Å². The highest BCUT2D eigenvalue weighted by Gasteiger charge is 2.35. The van der Waals surface area contributed by atoms with Gasteiger partial charge >= 0.3 is 0 Å². The summed E-state index contributed by atoms with van der Waals surface area (Å²) in [5.74, 6) is -0.418. The molecular weight excluding hydrogens is 260 g/mol. The fraction of sp³-hybridized carbons (Fsp3) is 0.188. The van der Waals surface area contributed by atoms with E-state index in [0.717, 1.165) is 11.1 Å². The van der Waals surface area contributed by atoms with Gasteiger partial charge < -0.3 is 5.11 Å². The summed E-state index contributed by atoms with van der Waals surface area (Å²) in [6.45, 7) is 0. The summed E-state index contributed by atoms with van der Waals surface area (Å²) in [5, 5.41) is 10.9. The van der Waals surface area contributed by atoms with Crippen LogP contribution in [-0.4, -0.2) is 10.9 Å². The van der Waals surface area contributed by atoms with Gasteiger partial charge in [0.05, 0.1) is 12.0 Å². The van der Waals surface area contributed by atoms with E-state index in [1.807, 2.05) is 24.3 Å². The van der Waals surface area contributed by atoms with Crippen molar-refractivity contribution in [2.45, 2.75) is 12.5 Å². The molecule has 2 aromatic rings. The molecule has 3 heteroatoms. The van der Waals surface area contributed by atoms with Crippen LogP contribution in [0.4, 0.5) is 0 Å². The van der Waals surface area contributed by atoms with E-state index in [9.17, 15) is 9.90 Å². The molecule has 1 N–H and O–H groups in total. The van der Waals surface area contributed by atoms with Gasteiger partial charge in [-0.3, -0.25) is 4.79 Å². The number of fused-ring (bicyclic) bond motifs is 1.